The SMILES string of the molecule is CCC(CCc1c(F)cc(F)c(C(F)(F)F)c1F)CC(CN)C(=O)O. The van der Waals surface area contributed by atoms with E-state index in [1.54, 1.807) is 6.92 Å². The Morgan fingerprint density at radius 3 is 2.28 bits per heavy atom. The molecule has 1 aromatic rings. The average molecular weight is 371 g/mol. The number of aliphatic carboxylic acids is 1. The maximum atomic E-state index is 14.0. The molecule has 0 aliphatic rings. The Balaban J connectivity index is 3.01. The van der Waals surface area contributed by atoms with Gasteiger partial charge >= 0.3 is 12.1 Å². The molecule has 3 N–H and O–H groups in total. The molecule has 0 spiro atoms. The van der Waals surface area contributed by atoms with Crippen LogP contribution in [0.2, 0.25) is 0 Å². The Hall–Kier alpha value is -1.77. The Bertz CT molecular complexity index is 618. The quantitative estimate of drug-likeness (QED) is 0.676. The minimum Gasteiger partial charge on any atom is -0.481 e. The standard InChI is InChI=1S/C16H19F6NO2/c1-2-8(5-9(7-23)15(24)25)3-4-10-11(17)6-12(18)13(14(10)19)16(20,21)22/h6,8-9H,2-5,7,23H2,1H3,(H,24,25). The number of hydrogen-bond donors (Lipinski definition) is 2. The molecule has 25 heavy (non-hydrogen) atoms. The van der Waals surface area contributed by atoms with Gasteiger partial charge in [-0.3, -0.25) is 4.79 Å². The zero-order valence-electron chi connectivity index (χ0n) is 13.5. The lowest BCUT2D eigenvalue weighted by molar-refractivity contribution is -0.143. The molecule has 0 saturated heterocycles. The lowest BCUT2D eigenvalue weighted by Gasteiger charge is -2.20. The van der Waals surface area contributed by atoms with Crippen LogP contribution in [0.5, 0.6) is 0 Å². The summed E-state index contributed by atoms with van der Waals surface area (Å²) >= 11 is 0. The van der Waals surface area contributed by atoms with Crippen LogP contribution in [0, 0.1) is 29.3 Å². The van der Waals surface area contributed by atoms with Crippen LogP contribution in [0.15, 0.2) is 6.07 Å². The molecule has 0 radical (unpaired) electrons. The number of nitrogens with two attached hydrogens (primary N) is 1. The molecule has 1 rings (SSSR count). The second kappa shape index (κ2) is 8.55. The zero-order chi connectivity index (χ0) is 19.4. The van der Waals surface area contributed by atoms with Crippen molar-refractivity contribution in [1.82, 2.24) is 0 Å². The highest BCUT2D eigenvalue weighted by Crippen LogP contribution is 2.36. The number of alkyl halides is 3. The minimum atomic E-state index is -5.28. The smallest absolute Gasteiger partial charge is 0.422 e. The number of rotatable bonds is 8. The van der Waals surface area contributed by atoms with Crippen LogP contribution in [0.1, 0.15) is 37.3 Å². The molecule has 0 aliphatic heterocycles. The van der Waals surface area contributed by atoms with Crippen molar-refractivity contribution in [2.24, 2.45) is 17.6 Å². The largest absolute Gasteiger partial charge is 0.481 e. The van der Waals surface area contributed by atoms with E-state index in [1.807, 2.05) is 0 Å². The van der Waals surface area contributed by atoms with Gasteiger partial charge in [0.2, 0.25) is 0 Å². The van der Waals surface area contributed by atoms with Crippen molar-refractivity contribution in [3.8, 4) is 0 Å². The summed E-state index contributed by atoms with van der Waals surface area (Å²) in [5.41, 5.74) is 2.37. The second-order valence-electron chi connectivity index (χ2n) is 5.83. The van der Waals surface area contributed by atoms with Gasteiger partial charge in [-0.2, -0.15) is 13.2 Å². The van der Waals surface area contributed by atoms with Crippen LogP contribution < -0.4 is 5.73 Å². The lowest BCUT2D eigenvalue weighted by Crippen LogP contribution is -2.26. The first kappa shape index (κ1) is 21.3. The Kier molecular flexibility index (Phi) is 7.28. The second-order valence-corrected chi connectivity index (χ2v) is 5.83. The normalized spacial score (nSPS) is 14.4. The van der Waals surface area contributed by atoms with E-state index in [-0.39, 0.29) is 31.4 Å². The van der Waals surface area contributed by atoms with Crippen molar-refractivity contribution in [3.05, 3.63) is 34.6 Å². The summed E-state index contributed by atoms with van der Waals surface area (Å²) in [7, 11) is 0. The molecule has 0 saturated carbocycles. The highest BCUT2D eigenvalue weighted by molar-refractivity contribution is 5.70. The summed E-state index contributed by atoms with van der Waals surface area (Å²) in [4.78, 5) is 11.0. The third kappa shape index (κ3) is 5.35. The summed E-state index contributed by atoms with van der Waals surface area (Å²) < 4.78 is 79.1. The van der Waals surface area contributed by atoms with Crippen molar-refractivity contribution in [3.63, 3.8) is 0 Å². The number of halogens is 6. The van der Waals surface area contributed by atoms with Gasteiger partial charge in [0, 0.05) is 18.2 Å². The molecule has 0 fully saturated rings. The van der Waals surface area contributed by atoms with Crippen molar-refractivity contribution in [1.29, 1.82) is 0 Å². The van der Waals surface area contributed by atoms with E-state index in [4.69, 9.17) is 10.8 Å². The summed E-state index contributed by atoms with van der Waals surface area (Å²) in [6.45, 7) is 1.60. The van der Waals surface area contributed by atoms with Crippen LogP contribution in [0.3, 0.4) is 0 Å². The molecular formula is C16H19F6NO2. The van der Waals surface area contributed by atoms with Gasteiger partial charge in [0.25, 0.3) is 0 Å². The number of carboxylic acid groups (broad SMARTS) is 1. The van der Waals surface area contributed by atoms with E-state index in [1.165, 1.54) is 0 Å². The molecule has 9 heteroatoms. The summed E-state index contributed by atoms with van der Waals surface area (Å²) in [6.07, 6.45) is -5.04. The number of benzene rings is 1. The van der Waals surface area contributed by atoms with Gasteiger partial charge in [0.15, 0.2) is 0 Å². The Morgan fingerprint density at radius 1 is 1.24 bits per heavy atom. The molecule has 0 amide bonds. The maximum absolute atomic E-state index is 14.0. The zero-order valence-corrected chi connectivity index (χ0v) is 13.5. The molecule has 0 bridgehead atoms. The maximum Gasteiger partial charge on any atom is 0.422 e. The Labute approximate surface area is 140 Å². The fourth-order valence-corrected chi connectivity index (χ4v) is 2.66. The first-order chi connectivity index (χ1) is 11.5. The topological polar surface area (TPSA) is 63.3 Å². The highest BCUT2D eigenvalue weighted by atomic mass is 19.4. The van der Waals surface area contributed by atoms with Gasteiger partial charge in [0.1, 0.15) is 23.0 Å². The predicted molar refractivity (Wildman–Crippen MR) is 78.2 cm³/mol. The van der Waals surface area contributed by atoms with Crippen LogP contribution in [-0.2, 0) is 17.4 Å². The van der Waals surface area contributed by atoms with E-state index in [0.29, 0.717) is 6.42 Å². The lowest BCUT2D eigenvalue weighted by atomic mass is 9.87. The van der Waals surface area contributed by atoms with E-state index in [9.17, 15) is 31.1 Å². The van der Waals surface area contributed by atoms with E-state index < -0.39 is 53.1 Å². The van der Waals surface area contributed by atoms with Crippen molar-refractivity contribution in [2.75, 3.05) is 6.54 Å². The van der Waals surface area contributed by atoms with Crippen LogP contribution in [0.25, 0.3) is 0 Å². The van der Waals surface area contributed by atoms with Gasteiger partial charge in [-0.15, -0.1) is 0 Å². The third-order valence-electron chi connectivity index (χ3n) is 4.18. The predicted octanol–water partition coefficient (Wildman–Crippen LogP) is 4.13. The average Bonchev–Trinajstić information content (AvgIpc) is 2.47. The van der Waals surface area contributed by atoms with Crippen LogP contribution >= 0.6 is 0 Å². The van der Waals surface area contributed by atoms with Gasteiger partial charge in [-0.05, 0) is 25.2 Å². The van der Waals surface area contributed by atoms with Gasteiger partial charge in [-0.1, -0.05) is 13.3 Å². The Morgan fingerprint density at radius 2 is 1.84 bits per heavy atom. The van der Waals surface area contributed by atoms with E-state index in [2.05, 4.69) is 0 Å². The molecule has 3 nitrogen and oxygen atoms in total. The summed E-state index contributed by atoms with van der Waals surface area (Å²) in [6, 6.07) is 0.0160. The molecule has 2 unspecified atom stereocenters. The molecule has 2 atom stereocenters. The van der Waals surface area contributed by atoms with Crippen LogP contribution in [-0.4, -0.2) is 17.6 Å². The van der Waals surface area contributed by atoms with Gasteiger partial charge < -0.3 is 10.8 Å². The number of carboxylic acids is 1. The molecule has 0 aromatic heterocycles. The minimum absolute atomic E-state index is 0.0160. The van der Waals surface area contributed by atoms with E-state index >= 15 is 0 Å². The molecular weight excluding hydrogens is 352 g/mol. The monoisotopic (exact) mass is 371 g/mol. The van der Waals surface area contributed by atoms with Gasteiger partial charge in [0.05, 0.1) is 5.92 Å². The highest BCUT2D eigenvalue weighted by Gasteiger charge is 2.39. The first-order valence-corrected chi connectivity index (χ1v) is 7.69. The fourth-order valence-electron chi connectivity index (χ4n) is 2.66. The number of hydrogen-bond acceptors (Lipinski definition) is 2. The van der Waals surface area contributed by atoms with Crippen molar-refractivity contribution >= 4 is 5.97 Å². The fraction of sp³-hybridized carbons (Fsp3) is 0.562. The third-order valence-corrected chi connectivity index (χ3v) is 4.18. The first-order valence-electron chi connectivity index (χ1n) is 7.69. The molecule has 142 valence electrons. The van der Waals surface area contributed by atoms with Crippen molar-refractivity contribution in [2.45, 2.75) is 38.8 Å². The summed E-state index contributed by atoms with van der Waals surface area (Å²) in [5, 5.41) is 8.98. The van der Waals surface area contributed by atoms with Crippen LogP contribution in [0.4, 0.5) is 26.3 Å². The summed E-state index contributed by atoms with van der Waals surface area (Å²) in [5.74, 6) is -7.63. The molecule has 0 aliphatic carbocycles. The molecule has 0 heterocycles. The van der Waals surface area contributed by atoms with Gasteiger partial charge in [-0.25, -0.2) is 13.2 Å². The van der Waals surface area contributed by atoms with E-state index in [0.717, 1.165) is 0 Å². The number of carbonyl (C=O) groups is 1. The van der Waals surface area contributed by atoms with Crippen molar-refractivity contribution < 1.29 is 36.2 Å². The molecule has 1 aromatic carbocycles.